The van der Waals surface area contributed by atoms with Gasteiger partial charge in [-0.15, -0.1) is 0 Å². The molecule has 0 bridgehead atoms. The van der Waals surface area contributed by atoms with Gasteiger partial charge in [0.1, 0.15) is 11.9 Å². The molecule has 3 heteroatoms. The second-order valence-electron chi connectivity index (χ2n) is 5.50. The summed E-state index contributed by atoms with van der Waals surface area (Å²) >= 11 is 0. The van der Waals surface area contributed by atoms with Crippen LogP contribution < -0.4 is 10.1 Å². The van der Waals surface area contributed by atoms with Crippen molar-refractivity contribution in [3.63, 3.8) is 0 Å². The van der Waals surface area contributed by atoms with E-state index >= 15 is 0 Å². The molecule has 1 amide bonds. The predicted molar refractivity (Wildman–Crippen MR) is 87.6 cm³/mol. The quantitative estimate of drug-likeness (QED) is 0.809. The highest BCUT2D eigenvalue weighted by Crippen LogP contribution is 2.35. The monoisotopic (exact) mass is 289 g/mol. The Labute approximate surface area is 128 Å². The molecule has 0 radical (unpaired) electrons. The van der Waals surface area contributed by atoms with E-state index in [4.69, 9.17) is 4.74 Å². The second-order valence-corrected chi connectivity index (χ2v) is 5.50. The zero-order valence-electron chi connectivity index (χ0n) is 12.2. The highest BCUT2D eigenvalue weighted by molar-refractivity contribution is 6.31. The summed E-state index contributed by atoms with van der Waals surface area (Å²) in [7, 11) is 0. The van der Waals surface area contributed by atoms with Gasteiger partial charge in [0.2, 0.25) is 0 Å². The molecule has 0 saturated heterocycles. The molecular weight excluding hydrogens is 274 g/mol. The normalized spacial score (nSPS) is 20.8. The summed E-state index contributed by atoms with van der Waals surface area (Å²) in [6.07, 6.45) is 3.94. The van der Waals surface area contributed by atoms with Gasteiger partial charge < -0.3 is 10.1 Å². The third-order valence-corrected chi connectivity index (χ3v) is 4.04. The van der Waals surface area contributed by atoms with Crippen molar-refractivity contribution >= 4 is 23.2 Å². The molecule has 0 spiro atoms. The van der Waals surface area contributed by atoms with Crippen LogP contribution in [0.3, 0.4) is 0 Å². The van der Waals surface area contributed by atoms with E-state index in [2.05, 4.69) is 11.4 Å². The number of para-hydroxylation sites is 2. The molecule has 1 N–H and O–H groups in total. The van der Waals surface area contributed by atoms with Crippen molar-refractivity contribution in [2.24, 2.45) is 0 Å². The van der Waals surface area contributed by atoms with Crippen molar-refractivity contribution in [1.29, 1.82) is 0 Å². The lowest BCUT2D eigenvalue weighted by Gasteiger charge is -2.23. The van der Waals surface area contributed by atoms with Crippen LogP contribution in [0.5, 0.6) is 5.75 Å². The van der Waals surface area contributed by atoms with E-state index in [0.717, 1.165) is 28.1 Å². The van der Waals surface area contributed by atoms with E-state index in [1.807, 2.05) is 61.5 Å². The number of rotatable bonds is 1. The molecule has 108 valence electrons. The number of anilines is 1. The molecule has 2 aromatic carbocycles. The number of carbonyl (C=O) groups is 1. The van der Waals surface area contributed by atoms with Crippen molar-refractivity contribution in [2.75, 3.05) is 5.32 Å². The van der Waals surface area contributed by atoms with E-state index in [-0.39, 0.29) is 12.0 Å². The van der Waals surface area contributed by atoms with Crippen molar-refractivity contribution < 1.29 is 9.53 Å². The number of benzene rings is 2. The van der Waals surface area contributed by atoms with Gasteiger partial charge >= 0.3 is 0 Å². The fourth-order valence-corrected chi connectivity index (χ4v) is 2.87. The summed E-state index contributed by atoms with van der Waals surface area (Å²) in [5.74, 6) is 0.821. The minimum absolute atomic E-state index is 0.0619. The molecule has 0 saturated carbocycles. The molecule has 1 atom stereocenters. The highest BCUT2D eigenvalue weighted by Gasteiger charge is 2.25. The average molecular weight is 289 g/mol. The second kappa shape index (κ2) is 4.88. The van der Waals surface area contributed by atoms with Crippen LogP contribution >= 0.6 is 0 Å². The van der Waals surface area contributed by atoms with E-state index in [9.17, 15) is 4.79 Å². The number of carbonyl (C=O) groups excluding carboxylic acids is 1. The van der Waals surface area contributed by atoms with Crippen molar-refractivity contribution in [3.8, 4) is 5.75 Å². The third-order valence-electron chi connectivity index (χ3n) is 4.04. The molecule has 22 heavy (non-hydrogen) atoms. The summed E-state index contributed by atoms with van der Waals surface area (Å²) in [6.45, 7) is 2.00. The number of amides is 1. The minimum Gasteiger partial charge on any atom is -0.485 e. The largest absolute Gasteiger partial charge is 0.485 e. The van der Waals surface area contributed by atoms with Crippen LogP contribution in [-0.4, -0.2) is 12.0 Å². The van der Waals surface area contributed by atoms with Gasteiger partial charge in [0.05, 0.1) is 0 Å². The van der Waals surface area contributed by atoms with Gasteiger partial charge in [-0.05, 0) is 36.8 Å². The number of hydrogen-bond acceptors (Lipinski definition) is 2. The van der Waals surface area contributed by atoms with E-state index in [1.54, 1.807) is 0 Å². The maximum absolute atomic E-state index is 12.2. The first-order chi connectivity index (χ1) is 10.7. The third kappa shape index (κ3) is 2.02. The molecule has 0 aromatic heterocycles. The molecule has 1 unspecified atom stereocenters. The van der Waals surface area contributed by atoms with Crippen LogP contribution in [0.15, 0.2) is 60.2 Å². The SMILES string of the molecule is CC1Oc2ccccc2C=C1C=C1C(=O)Nc2ccccc21. The molecule has 0 fully saturated rings. The van der Waals surface area contributed by atoms with Crippen LogP contribution in [0, 0.1) is 0 Å². The summed E-state index contributed by atoms with van der Waals surface area (Å²) in [5.41, 5.74) is 4.54. The van der Waals surface area contributed by atoms with Crippen LogP contribution in [-0.2, 0) is 4.79 Å². The van der Waals surface area contributed by atoms with Crippen molar-refractivity contribution in [3.05, 3.63) is 71.3 Å². The zero-order valence-corrected chi connectivity index (χ0v) is 12.2. The molecule has 2 aliphatic heterocycles. The number of fused-ring (bicyclic) bond motifs is 2. The summed E-state index contributed by atoms with van der Waals surface area (Å²) < 4.78 is 5.93. The smallest absolute Gasteiger partial charge is 0.256 e. The number of nitrogens with one attached hydrogen (secondary N) is 1. The van der Waals surface area contributed by atoms with Gasteiger partial charge in [-0.2, -0.15) is 0 Å². The van der Waals surface area contributed by atoms with Crippen molar-refractivity contribution in [1.82, 2.24) is 0 Å². The topological polar surface area (TPSA) is 38.3 Å². The lowest BCUT2D eigenvalue weighted by molar-refractivity contribution is -0.110. The summed E-state index contributed by atoms with van der Waals surface area (Å²) in [5, 5.41) is 2.90. The molecule has 2 heterocycles. The fourth-order valence-electron chi connectivity index (χ4n) is 2.87. The van der Waals surface area contributed by atoms with Gasteiger partial charge in [-0.3, -0.25) is 4.79 Å². The number of hydrogen-bond donors (Lipinski definition) is 1. The Morgan fingerprint density at radius 1 is 1.09 bits per heavy atom. The summed E-state index contributed by atoms with van der Waals surface area (Å²) in [6, 6.07) is 15.7. The maximum Gasteiger partial charge on any atom is 0.256 e. The first-order valence-corrected chi connectivity index (χ1v) is 7.32. The Morgan fingerprint density at radius 3 is 2.77 bits per heavy atom. The lowest BCUT2D eigenvalue weighted by atomic mass is 9.98. The van der Waals surface area contributed by atoms with Gasteiger partial charge in [-0.25, -0.2) is 0 Å². The van der Waals surface area contributed by atoms with Crippen LogP contribution in [0.25, 0.3) is 11.6 Å². The fraction of sp³-hybridized carbons (Fsp3) is 0.105. The molecular formula is C19H15NO2. The predicted octanol–water partition coefficient (Wildman–Crippen LogP) is 3.89. The Balaban J connectivity index is 1.80. The van der Waals surface area contributed by atoms with Gasteiger partial charge in [0.25, 0.3) is 5.91 Å². The number of ether oxygens (including phenoxy) is 1. The Hall–Kier alpha value is -2.81. The molecule has 2 aliphatic rings. The van der Waals surface area contributed by atoms with Crippen LogP contribution in [0.1, 0.15) is 18.1 Å². The lowest BCUT2D eigenvalue weighted by Crippen LogP contribution is -2.18. The Morgan fingerprint density at radius 2 is 1.86 bits per heavy atom. The zero-order chi connectivity index (χ0) is 15.1. The molecule has 2 aromatic rings. The van der Waals surface area contributed by atoms with E-state index < -0.39 is 0 Å². The minimum atomic E-state index is -0.0806. The maximum atomic E-state index is 12.2. The van der Waals surface area contributed by atoms with Crippen molar-refractivity contribution in [2.45, 2.75) is 13.0 Å². The van der Waals surface area contributed by atoms with E-state index in [0.29, 0.717) is 5.57 Å². The summed E-state index contributed by atoms with van der Waals surface area (Å²) in [4.78, 5) is 12.2. The average Bonchev–Trinajstić information content (AvgIpc) is 2.84. The molecule has 0 aliphatic carbocycles. The van der Waals surface area contributed by atoms with Gasteiger partial charge in [0.15, 0.2) is 0 Å². The Kier molecular flexibility index (Phi) is 2.86. The van der Waals surface area contributed by atoms with E-state index in [1.165, 1.54) is 0 Å². The first kappa shape index (κ1) is 12.9. The molecule has 3 nitrogen and oxygen atoms in total. The first-order valence-electron chi connectivity index (χ1n) is 7.32. The molecule has 4 rings (SSSR count). The van der Waals surface area contributed by atoms with Gasteiger partial charge in [0, 0.05) is 22.4 Å². The Bertz CT molecular complexity index is 833. The van der Waals surface area contributed by atoms with Crippen LogP contribution in [0.2, 0.25) is 0 Å². The highest BCUT2D eigenvalue weighted by atomic mass is 16.5. The van der Waals surface area contributed by atoms with Crippen LogP contribution in [0.4, 0.5) is 5.69 Å². The standard InChI is InChI=1S/C19H15NO2/c1-12-14(10-13-6-2-5-9-18(13)22-12)11-16-15-7-3-4-8-17(15)20-19(16)21/h2-12H,1H3,(H,20,21). The van der Waals surface area contributed by atoms with Gasteiger partial charge in [-0.1, -0.05) is 36.4 Å².